The molecule has 0 atom stereocenters. The van der Waals surface area contributed by atoms with Crippen molar-refractivity contribution < 1.29 is 14.6 Å². The van der Waals surface area contributed by atoms with E-state index in [1.165, 1.54) is 13.2 Å². The maximum Gasteiger partial charge on any atom is 0.339 e. The van der Waals surface area contributed by atoms with Gasteiger partial charge in [-0.1, -0.05) is 30.3 Å². The average Bonchev–Trinajstić information content (AvgIpc) is 2.95. The first kappa shape index (κ1) is 13.9. The Kier molecular flexibility index (Phi) is 3.62. The average molecular weight is 294 g/mol. The maximum atomic E-state index is 11.1. The van der Waals surface area contributed by atoms with Crippen molar-refractivity contribution in [2.24, 2.45) is 0 Å². The van der Waals surface area contributed by atoms with Crippen LogP contribution in [0.5, 0.6) is 5.75 Å². The van der Waals surface area contributed by atoms with Gasteiger partial charge in [-0.3, -0.25) is 5.10 Å². The molecule has 0 unspecified atom stereocenters. The third-order valence-corrected chi connectivity index (χ3v) is 3.39. The van der Waals surface area contributed by atoms with Gasteiger partial charge in [0, 0.05) is 5.39 Å². The van der Waals surface area contributed by atoms with Crippen LogP contribution in [0.25, 0.3) is 23.1 Å². The third kappa shape index (κ3) is 2.56. The number of ether oxygens (including phenoxy) is 1. The van der Waals surface area contributed by atoms with Crippen LogP contribution in [0.2, 0.25) is 0 Å². The topological polar surface area (TPSA) is 75.2 Å². The molecule has 3 rings (SSSR count). The molecule has 0 aliphatic carbocycles. The van der Waals surface area contributed by atoms with Gasteiger partial charge in [0.2, 0.25) is 0 Å². The Morgan fingerprint density at radius 2 is 2.05 bits per heavy atom. The molecular formula is C17H14N2O3. The van der Waals surface area contributed by atoms with Gasteiger partial charge in [0.05, 0.1) is 18.3 Å². The summed E-state index contributed by atoms with van der Waals surface area (Å²) in [4.78, 5) is 11.1. The lowest BCUT2D eigenvalue weighted by molar-refractivity contribution is 0.0693. The summed E-state index contributed by atoms with van der Waals surface area (Å²) >= 11 is 0. The number of carbonyl (C=O) groups is 1. The number of hydrogen-bond donors (Lipinski definition) is 2. The molecule has 0 aliphatic heterocycles. The predicted molar refractivity (Wildman–Crippen MR) is 85.0 cm³/mol. The fraction of sp³-hybridized carbons (Fsp3) is 0.0588. The standard InChI is InChI=1S/C17H14N2O3/c1-22-16-10-11(6-8-13(16)17(20)21)7-9-15-12-4-2-3-5-14(12)18-19-15/h2-10H,1H3,(H,18,19)(H,20,21)/b9-7+. The Bertz CT molecular complexity index is 865. The zero-order valence-electron chi connectivity index (χ0n) is 11.9. The SMILES string of the molecule is COc1cc(/C=C/c2n[nH]c3ccccc23)ccc1C(=O)O. The summed E-state index contributed by atoms with van der Waals surface area (Å²) in [6, 6.07) is 12.8. The van der Waals surface area contributed by atoms with Crippen LogP contribution >= 0.6 is 0 Å². The molecule has 0 saturated heterocycles. The number of para-hydroxylation sites is 1. The number of benzene rings is 2. The van der Waals surface area contributed by atoms with E-state index < -0.39 is 5.97 Å². The normalized spacial score (nSPS) is 11.1. The van der Waals surface area contributed by atoms with E-state index in [-0.39, 0.29) is 5.56 Å². The molecule has 2 aromatic carbocycles. The van der Waals surface area contributed by atoms with Gasteiger partial charge in [-0.05, 0) is 29.8 Å². The van der Waals surface area contributed by atoms with Gasteiger partial charge in [-0.15, -0.1) is 0 Å². The lowest BCUT2D eigenvalue weighted by Gasteiger charge is -2.05. The van der Waals surface area contributed by atoms with Crippen molar-refractivity contribution >= 4 is 29.0 Å². The van der Waals surface area contributed by atoms with Gasteiger partial charge < -0.3 is 9.84 Å². The quantitative estimate of drug-likeness (QED) is 0.773. The molecule has 2 N–H and O–H groups in total. The minimum Gasteiger partial charge on any atom is -0.496 e. The molecule has 3 aromatic rings. The molecule has 22 heavy (non-hydrogen) atoms. The lowest BCUT2D eigenvalue weighted by atomic mass is 10.1. The molecule has 5 nitrogen and oxygen atoms in total. The van der Waals surface area contributed by atoms with Gasteiger partial charge in [0.1, 0.15) is 11.3 Å². The highest BCUT2D eigenvalue weighted by molar-refractivity contribution is 5.92. The zero-order valence-corrected chi connectivity index (χ0v) is 11.9. The Hall–Kier alpha value is -3.08. The second-order valence-corrected chi connectivity index (χ2v) is 4.75. The first-order chi connectivity index (χ1) is 10.7. The van der Waals surface area contributed by atoms with Crippen molar-refractivity contribution in [1.29, 1.82) is 0 Å². The van der Waals surface area contributed by atoms with Crippen LogP contribution in [0.3, 0.4) is 0 Å². The van der Waals surface area contributed by atoms with Crippen molar-refractivity contribution in [1.82, 2.24) is 10.2 Å². The van der Waals surface area contributed by atoms with Gasteiger partial charge in [-0.2, -0.15) is 5.10 Å². The van der Waals surface area contributed by atoms with E-state index in [0.29, 0.717) is 5.75 Å². The Labute approximate surface area is 126 Å². The maximum absolute atomic E-state index is 11.1. The fourth-order valence-corrected chi connectivity index (χ4v) is 2.28. The van der Waals surface area contributed by atoms with E-state index in [1.807, 2.05) is 36.4 Å². The minimum absolute atomic E-state index is 0.143. The number of nitrogens with zero attached hydrogens (tertiary/aromatic N) is 1. The minimum atomic E-state index is -1.01. The summed E-state index contributed by atoms with van der Waals surface area (Å²) in [5.74, 6) is -0.674. The van der Waals surface area contributed by atoms with E-state index in [2.05, 4.69) is 10.2 Å². The van der Waals surface area contributed by atoms with Gasteiger partial charge in [0.15, 0.2) is 0 Å². The number of fused-ring (bicyclic) bond motifs is 1. The molecule has 0 fully saturated rings. The van der Waals surface area contributed by atoms with Crippen molar-refractivity contribution in [2.75, 3.05) is 7.11 Å². The van der Waals surface area contributed by atoms with Crippen LogP contribution < -0.4 is 4.74 Å². The molecule has 0 spiro atoms. The van der Waals surface area contributed by atoms with Crippen molar-refractivity contribution in [3.05, 3.63) is 59.3 Å². The molecule has 1 aromatic heterocycles. The Morgan fingerprint density at radius 1 is 1.23 bits per heavy atom. The van der Waals surface area contributed by atoms with Crippen molar-refractivity contribution in [3.63, 3.8) is 0 Å². The molecule has 0 bridgehead atoms. The number of hydrogen-bond acceptors (Lipinski definition) is 3. The summed E-state index contributed by atoms with van der Waals surface area (Å²) < 4.78 is 5.12. The predicted octanol–water partition coefficient (Wildman–Crippen LogP) is 3.44. The molecular weight excluding hydrogens is 280 g/mol. The van der Waals surface area contributed by atoms with Gasteiger partial charge in [0.25, 0.3) is 0 Å². The molecule has 0 amide bonds. The number of aromatic carboxylic acids is 1. The largest absolute Gasteiger partial charge is 0.496 e. The first-order valence-electron chi connectivity index (χ1n) is 6.71. The summed E-state index contributed by atoms with van der Waals surface area (Å²) in [5.41, 5.74) is 2.79. The first-order valence-corrected chi connectivity index (χ1v) is 6.71. The molecule has 0 aliphatic rings. The zero-order chi connectivity index (χ0) is 15.5. The summed E-state index contributed by atoms with van der Waals surface area (Å²) in [7, 11) is 1.45. The highest BCUT2D eigenvalue weighted by Gasteiger charge is 2.10. The molecule has 110 valence electrons. The van der Waals surface area contributed by atoms with Crippen molar-refractivity contribution in [2.45, 2.75) is 0 Å². The molecule has 1 heterocycles. The third-order valence-electron chi connectivity index (χ3n) is 3.39. The number of H-pyrrole nitrogens is 1. The van der Waals surface area contributed by atoms with E-state index in [9.17, 15) is 4.79 Å². The van der Waals surface area contributed by atoms with Crippen LogP contribution in [0, 0.1) is 0 Å². The number of nitrogens with one attached hydrogen (secondary N) is 1. The second kappa shape index (κ2) is 5.73. The number of aromatic amines is 1. The smallest absolute Gasteiger partial charge is 0.339 e. The Balaban J connectivity index is 1.94. The number of carboxylic acid groups (broad SMARTS) is 1. The highest BCUT2D eigenvalue weighted by Crippen LogP contribution is 2.22. The number of aromatic nitrogens is 2. The van der Waals surface area contributed by atoms with E-state index in [1.54, 1.807) is 12.1 Å². The monoisotopic (exact) mass is 294 g/mol. The van der Waals surface area contributed by atoms with Crippen LogP contribution in [-0.4, -0.2) is 28.4 Å². The van der Waals surface area contributed by atoms with E-state index in [0.717, 1.165) is 22.2 Å². The number of carboxylic acids is 1. The summed E-state index contributed by atoms with van der Waals surface area (Å²) in [6.07, 6.45) is 3.75. The molecule has 0 saturated carbocycles. The summed E-state index contributed by atoms with van der Waals surface area (Å²) in [5, 5.41) is 17.3. The van der Waals surface area contributed by atoms with E-state index in [4.69, 9.17) is 9.84 Å². The van der Waals surface area contributed by atoms with Crippen molar-refractivity contribution in [3.8, 4) is 5.75 Å². The van der Waals surface area contributed by atoms with Gasteiger partial charge in [-0.25, -0.2) is 4.79 Å². The molecule has 0 radical (unpaired) electrons. The highest BCUT2D eigenvalue weighted by atomic mass is 16.5. The van der Waals surface area contributed by atoms with Crippen LogP contribution in [0.15, 0.2) is 42.5 Å². The van der Waals surface area contributed by atoms with Gasteiger partial charge >= 0.3 is 5.97 Å². The van der Waals surface area contributed by atoms with Crippen LogP contribution in [-0.2, 0) is 0 Å². The number of rotatable bonds is 4. The number of methoxy groups -OCH3 is 1. The van der Waals surface area contributed by atoms with Crippen LogP contribution in [0.1, 0.15) is 21.6 Å². The second-order valence-electron chi connectivity index (χ2n) is 4.75. The van der Waals surface area contributed by atoms with E-state index >= 15 is 0 Å². The lowest BCUT2D eigenvalue weighted by Crippen LogP contribution is -2.00. The fourth-order valence-electron chi connectivity index (χ4n) is 2.28. The summed E-state index contributed by atoms with van der Waals surface area (Å²) in [6.45, 7) is 0. The Morgan fingerprint density at radius 3 is 2.82 bits per heavy atom. The van der Waals surface area contributed by atoms with Crippen LogP contribution in [0.4, 0.5) is 0 Å². The molecule has 5 heteroatoms.